The van der Waals surface area contributed by atoms with Gasteiger partial charge in [-0.3, -0.25) is 14.9 Å². The van der Waals surface area contributed by atoms with E-state index in [1.807, 2.05) is 0 Å². The Morgan fingerprint density at radius 3 is 2.23 bits per heavy atom. The normalized spacial score (nSPS) is 11.1. The Morgan fingerprint density at radius 2 is 1.69 bits per heavy atom. The summed E-state index contributed by atoms with van der Waals surface area (Å²) in [6.45, 7) is 3.39. The van der Waals surface area contributed by atoms with Crippen molar-refractivity contribution in [3.63, 3.8) is 0 Å². The molecule has 1 amide bonds. The zero-order valence-corrected chi connectivity index (χ0v) is 14.3. The van der Waals surface area contributed by atoms with E-state index in [2.05, 4.69) is 5.32 Å². The van der Waals surface area contributed by atoms with Crippen LogP contribution in [0.1, 0.15) is 29.8 Å². The van der Waals surface area contributed by atoms with Gasteiger partial charge in [0.15, 0.2) is 0 Å². The minimum absolute atomic E-state index is 0.0543. The van der Waals surface area contributed by atoms with Crippen LogP contribution in [0.4, 0.5) is 5.69 Å². The van der Waals surface area contributed by atoms with Crippen LogP contribution in [0.15, 0.2) is 60.3 Å². The number of nitro groups is 1. The Balaban J connectivity index is 2.29. The molecule has 1 N–H and O–H groups in total. The van der Waals surface area contributed by atoms with Crippen LogP contribution in [-0.2, 0) is 9.53 Å². The number of benzene rings is 2. The van der Waals surface area contributed by atoms with Crippen LogP contribution >= 0.6 is 0 Å². The van der Waals surface area contributed by atoms with Crippen molar-refractivity contribution in [1.29, 1.82) is 0 Å². The second kappa shape index (κ2) is 8.57. The van der Waals surface area contributed by atoms with E-state index in [0.717, 1.165) is 0 Å². The molecule has 0 atom stereocenters. The summed E-state index contributed by atoms with van der Waals surface area (Å²) in [7, 11) is 0. The molecule has 0 spiro atoms. The standard InChI is InChI=1S/C19H18N2O5/c1-13(2)26-19(23)17(20-18(22)15-6-4-3-5-7-15)12-14-8-10-16(11-9-14)21(24)25/h3-13H,1-2H3,(H,20,22). The maximum Gasteiger partial charge on any atom is 0.355 e. The summed E-state index contributed by atoms with van der Waals surface area (Å²) in [5.74, 6) is -1.15. The fourth-order valence-corrected chi connectivity index (χ4v) is 2.07. The Morgan fingerprint density at radius 1 is 1.08 bits per heavy atom. The van der Waals surface area contributed by atoms with E-state index in [9.17, 15) is 19.7 Å². The maximum atomic E-state index is 12.3. The van der Waals surface area contributed by atoms with Crippen molar-refractivity contribution in [3.05, 3.63) is 81.5 Å². The summed E-state index contributed by atoms with van der Waals surface area (Å²) >= 11 is 0. The molecule has 2 rings (SSSR count). The van der Waals surface area contributed by atoms with Crippen molar-refractivity contribution < 1.29 is 19.2 Å². The second-order valence-electron chi connectivity index (χ2n) is 5.68. The molecule has 7 nitrogen and oxygen atoms in total. The highest BCUT2D eigenvalue weighted by Crippen LogP contribution is 2.15. The van der Waals surface area contributed by atoms with Crippen molar-refractivity contribution >= 4 is 23.6 Å². The van der Waals surface area contributed by atoms with Crippen LogP contribution < -0.4 is 5.32 Å². The fraction of sp³-hybridized carbons (Fsp3) is 0.158. The summed E-state index contributed by atoms with van der Waals surface area (Å²) in [5.41, 5.74) is 0.780. The van der Waals surface area contributed by atoms with Gasteiger partial charge in [0.05, 0.1) is 11.0 Å². The molecule has 0 bridgehead atoms. The summed E-state index contributed by atoms with van der Waals surface area (Å²) in [5, 5.41) is 13.3. The first-order valence-electron chi connectivity index (χ1n) is 7.90. The van der Waals surface area contributed by atoms with Crippen LogP contribution in [-0.4, -0.2) is 22.9 Å². The number of nitro benzene ring substituents is 1. The molecule has 134 valence electrons. The third-order valence-corrected chi connectivity index (χ3v) is 3.26. The Labute approximate surface area is 150 Å². The number of esters is 1. The molecular weight excluding hydrogens is 336 g/mol. The number of ether oxygens (including phenoxy) is 1. The predicted octanol–water partition coefficient (Wildman–Crippen LogP) is 3.32. The van der Waals surface area contributed by atoms with E-state index in [0.29, 0.717) is 11.1 Å². The van der Waals surface area contributed by atoms with Gasteiger partial charge in [-0.25, -0.2) is 4.79 Å². The van der Waals surface area contributed by atoms with E-state index in [1.165, 1.54) is 30.3 Å². The third kappa shape index (κ3) is 5.27. The third-order valence-electron chi connectivity index (χ3n) is 3.26. The zero-order valence-electron chi connectivity index (χ0n) is 14.3. The molecule has 0 saturated carbocycles. The molecule has 0 aliphatic heterocycles. The summed E-state index contributed by atoms with van der Waals surface area (Å²) in [4.78, 5) is 34.8. The molecule has 2 aromatic carbocycles. The molecule has 0 saturated heterocycles. The van der Waals surface area contributed by atoms with Crippen LogP contribution in [0.3, 0.4) is 0 Å². The minimum atomic E-state index is -0.692. The first kappa shape index (κ1) is 18.9. The van der Waals surface area contributed by atoms with Gasteiger partial charge in [0.2, 0.25) is 0 Å². The molecule has 0 aliphatic carbocycles. The molecule has 7 heteroatoms. The van der Waals surface area contributed by atoms with Crippen molar-refractivity contribution in [3.8, 4) is 0 Å². The lowest BCUT2D eigenvalue weighted by atomic mass is 10.1. The Bertz CT molecular complexity index is 827. The number of carbonyl (C=O) groups excluding carboxylic acids is 2. The van der Waals surface area contributed by atoms with Gasteiger partial charge in [-0.05, 0) is 49.8 Å². The van der Waals surface area contributed by atoms with E-state index in [4.69, 9.17) is 4.74 Å². The summed E-state index contributed by atoms with van der Waals surface area (Å²) < 4.78 is 5.15. The Kier molecular flexibility index (Phi) is 6.21. The second-order valence-corrected chi connectivity index (χ2v) is 5.68. The predicted molar refractivity (Wildman–Crippen MR) is 96.2 cm³/mol. The maximum absolute atomic E-state index is 12.3. The lowest BCUT2D eigenvalue weighted by Gasteiger charge is -2.12. The monoisotopic (exact) mass is 354 g/mol. The highest BCUT2D eigenvalue weighted by Gasteiger charge is 2.17. The number of nitrogens with zero attached hydrogens (tertiary/aromatic N) is 1. The molecule has 0 heterocycles. The van der Waals surface area contributed by atoms with Gasteiger partial charge in [0, 0.05) is 17.7 Å². The van der Waals surface area contributed by atoms with Gasteiger partial charge in [-0.2, -0.15) is 0 Å². The van der Waals surface area contributed by atoms with Crippen LogP contribution in [0.5, 0.6) is 0 Å². The van der Waals surface area contributed by atoms with Crippen LogP contribution in [0, 0.1) is 10.1 Å². The average molecular weight is 354 g/mol. The first-order chi connectivity index (χ1) is 12.4. The SMILES string of the molecule is CC(C)OC(=O)C(=Cc1ccc([N+](=O)[O-])cc1)NC(=O)c1ccccc1. The fourth-order valence-electron chi connectivity index (χ4n) is 2.07. The average Bonchev–Trinajstić information content (AvgIpc) is 2.61. The number of rotatable bonds is 6. The number of amides is 1. The molecule has 0 radical (unpaired) electrons. The number of non-ortho nitro benzene ring substituents is 1. The molecule has 26 heavy (non-hydrogen) atoms. The molecule has 0 aromatic heterocycles. The number of nitrogens with one attached hydrogen (secondary N) is 1. The lowest BCUT2D eigenvalue weighted by molar-refractivity contribution is -0.384. The summed E-state index contributed by atoms with van der Waals surface area (Å²) in [6, 6.07) is 14.0. The van der Waals surface area contributed by atoms with Crippen molar-refractivity contribution in [2.24, 2.45) is 0 Å². The van der Waals surface area contributed by atoms with E-state index in [1.54, 1.807) is 44.2 Å². The number of hydrogen-bond acceptors (Lipinski definition) is 5. The van der Waals surface area contributed by atoms with Gasteiger partial charge in [0.1, 0.15) is 5.70 Å². The highest BCUT2D eigenvalue weighted by atomic mass is 16.6. The highest BCUT2D eigenvalue weighted by molar-refractivity contribution is 6.03. The van der Waals surface area contributed by atoms with Crippen molar-refractivity contribution in [1.82, 2.24) is 5.32 Å². The van der Waals surface area contributed by atoms with Gasteiger partial charge in [0.25, 0.3) is 11.6 Å². The summed E-state index contributed by atoms with van der Waals surface area (Å²) in [6.07, 6.45) is 1.05. The van der Waals surface area contributed by atoms with E-state index in [-0.39, 0.29) is 17.5 Å². The van der Waals surface area contributed by atoms with Crippen LogP contribution in [0.2, 0.25) is 0 Å². The smallest absolute Gasteiger partial charge is 0.355 e. The zero-order chi connectivity index (χ0) is 19.1. The molecular formula is C19H18N2O5. The van der Waals surface area contributed by atoms with Crippen LogP contribution in [0.25, 0.3) is 6.08 Å². The lowest BCUT2D eigenvalue weighted by Crippen LogP contribution is -2.29. The van der Waals surface area contributed by atoms with E-state index < -0.39 is 16.8 Å². The largest absolute Gasteiger partial charge is 0.458 e. The molecule has 0 unspecified atom stereocenters. The molecule has 0 fully saturated rings. The van der Waals surface area contributed by atoms with Crippen molar-refractivity contribution in [2.45, 2.75) is 20.0 Å². The Hall–Kier alpha value is -3.48. The topological polar surface area (TPSA) is 98.5 Å². The van der Waals surface area contributed by atoms with Gasteiger partial charge in [-0.1, -0.05) is 18.2 Å². The van der Waals surface area contributed by atoms with Gasteiger partial charge < -0.3 is 10.1 Å². The minimum Gasteiger partial charge on any atom is -0.458 e. The van der Waals surface area contributed by atoms with Gasteiger partial charge >= 0.3 is 5.97 Å². The first-order valence-corrected chi connectivity index (χ1v) is 7.90. The number of hydrogen-bond donors (Lipinski definition) is 1. The molecule has 2 aromatic rings. The van der Waals surface area contributed by atoms with Gasteiger partial charge in [-0.15, -0.1) is 0 Å². The quantitative estimate of drug-likeness (QED) is 0.371. The number of carbonyl (C=O) groups is 2. The van der Waals surface area contributed by atoms with E-state index >= 15 is 0 Å². The van der Waals surface area contributed by atoms with Crippen molar-refractivity contribution in [2.75, 3.05) is 0 Å². The molecule has 0 aliphatic rings.